The van der Waals surface area contributed by atoms with E-state index in [4.69, 9.17) is 9.47 Å². The molecule has 0 aromatic heterocycles. The number of benzene rings is 1. The Balaban J connectivity index is 1.56. The summed E-state index contributed by atoms with van der Waals surface area (Å²) in [5.74, 6) is -0.963. The Morgan fingerprint density at radius 3 is 2.67 bits per heavy atom. The molecular formula is C18H22N2O6S. The summed E-state index contributed by atoms with van der Waals surface area (Å²) in [6, 6.07) is 5.17. The number of methoxy groups -OCH3 is 1. The van der Waals surface area contributed by atoms with Crippen molar-refractivity contribution in [3.63, 3.8) is 0 Å². The third-order valence-electron chi connectivity index (χ3n) is 5.56. The predicted molar refractivity (Wildman–Crippen MR) is 94.5 cm³/mol. The summed E-state index contributed by atoms with van der Waals surface area (Å²) in [5.41, 5.74) is 0.440. The van der Waals surface area contributed by atoms with Crippen molar-refractivity contribution >= 4 is 21.9 Å². The van der Waals surface area contributed by atoms with Gasteiger partial charge in [-0.3, -0.25) is 4.79 Å². The molecule has 1 amide bonds. The molecule has 1 spiro atoms. The first-order valence-electron chi connectivity index (χ1n) is 8.93. The molecule has 3 aliphatic rings. The first-order valence-corrected chi connectivity index (χ1v) is 10.4. The first-order chi connectivity index (χ1) is 12.9. The molecule has 4 rings (SSSR count). The normalized spacial score (nSPS) is 24.3. The highest BCUT2D eigenvalue weighted by Crippen LogP contribution is 2.54. The number of hydrogen-bond acceptors (Lipinski definition) is 6. The number of sulfonamides is 1. The predicted octanol–water partition coefficient (Wildman–Crippen LogP) is 0.485. The van der Waals surface area contributed by atoms with Crippen LogP contribution in [0.1, 0.15) is 23.2 Å². The van der Waals surface area contributed by atoms with Crippen LogP contribution in [0.15, 0.2) is 29.2 Å². The topological polar surface area (TPSA) is 93.2 Å². The van der Waals surface area contributed by atoms with E-state index in [2.05, 4.69) is 0 Å². The number of hydrogen-bond donors (Lipinski definition) is 0. The third-order valence-corrected chi connectivity index (χ3v) is 7.35. The van der Waals surface area contributed by atoms with E-state index < -0.39 is 27.9 Å². The fraction of sp³-hybridized carbons (Fsp3) is 0.556. The summed E-state index contributed by atoms with van der Waals surface area (Å²) >= 11 is 0. The Morgan fingerprint density at radius 1 is 1.26 bits per heavy atom. The van der Waals surface area contributed by atoms with Gasteiger partial charge in [-0.15, -0.1) is 0 Å². The highest BCUT2D eigenvalue weighted by atomic mass is 32.2. The van der Waals surface area contributed by atoms with Crippen LogP contribution >= 0.6 is 0 Å². The molecule has 0 unspecified atom stereocenters. The van der Waals surface area contributed by atoms with Crippen LogP contribution in [0, 0.1) is 5.41 Å². The molecule has 27 heavy (non-hydrogen) atoms. The molecule has 1 saturated carbocycles. The second-order valence-corrected chi connectivity index (χ2v) is 9.35. The second kappa shape index (κ2) is 6.57. The number of amides is 1. The number of ether oxygens (including phenoxy) is 2. The largest absolute Gasteiger partial charge is 0.467 e. The molecule has 0 radical (unpaired) electrons. The standard InChI is InChI=1S/C18H22N2O6S/c1-25-17(22)15-10-26-8-7-20(15)16(21)13-3-2-4-14(9-13)27(23,24)19-11-18(12-19)5-6-18/h2-4,9,15H,5-8,10-12H2,1H3/t15-/m1/s1. The first kappa shape index (κ1) is 18.4. The third kappa shape index (κ3) is 3.24. The minimum atomic E-state index is -3.61. The summed E-state index contributed by atoms with van der Waals surface area (Å²) in [6.07, 6.45) is 2.17. The van der Waals surface area contributed by atoms with Crippen LogP contribution in [-0.2, 0) is 24.3 Å². The summed E-state index contributed by atoms with van der Waals surface area (Å²) in [4.78, 5) is 26.4. The maximum atomic E-state index is 12.9. The van der Waals surface area contributed by atoms with Crippen LogP contribution in [0.5, 0.6) is 0 Å². The Bertz CT molecular complexity index is 872. The minimum absolute atomic E-state index is 0.0618. The van der Waals surface area contributed by atoms with Gasteiger partial charge in [-0.05, 0) is 36.5 Å². The van der Waals surface area contributed by atoms with Gasteiger partial charge in [0.2, 0.25) is 10.0 Å². The van der Waals surface area contributed by atoms with Gasteiger partial charge in [0.1, 0.15) is 0 Å². The molecule has 2 aliphatic heterocycles. The van der Waals surface area contributed by atoms with Crippen LogP contribution in [0.25, 0.3) is 0 Å². The highest BCUT2D eigenvalue weighted by molar-refractivity contribution is 7.89. The number of nitrogens with zero attached hydrogens (tertiary/aromatic N) is 2. The zero-order chi connectivity index (χ0) is 19.2. The van der Waals surface area contributed by atoms with E-state index in [-0.39, 0.29) is 29.0 Å². The SMILES string of the molecule is COC(=O)[C@H]1COCCN1C(=O)c1cccc(S(=O)(=O)N2CC3(CC3)C2)c1. The lowest BCUT2D eigenvalue weighted by atomic mass is 10.0. The van der Waals surface area contributed by atoms with Crippen LogP contribution in [0.3, 0.4) is 0 Å². The van der Waals surface area contributed by atoms with E-state index in [1.54, 1.807) is 12.1 Å². The van der Waals surface area contributed by atoms with Gasteiger partial charge in [0.15, 0.2) is 6.04 Å². The highest BCUT2D eigenvalue weighted by Gasteiger charge is 2.55. The number of esters is 1. The molecule has 3 fully saturated rings. The van der Waals surface area contributed by atoms with Crippen molar-refractivity contribution in [3.8, 4) is 0 Å². The van der Waals surface area contributed by atoms with Crippen molar-refractivity contribution in [3.05, 3.63) is 29.8 Å². The van der Waals surface area contributed by atoms with E-state index in [9.17, 15) is 18.0 Å². The lowest BCUT2D eigenvalue weighted by Crippen LogP contribution is -2.53. The zero-order valence-corrected chi connectivity index (χ0v) is 15.9. The quantitative estimate of drug-likeness (QED) is 0.690. The molecule has 1 aliphatic carbocycles. The van der Waals surface area contributed by atoms with Crippen molar-refractivity contribution in [2.24, 2.45) is 5.41 Å². The van der Waals surface area contributed by atoms with E-state index in [0.29, 0.717) is 19.7 Å². The Kier molecular flexibility index (Phi) is 4.48. The average Bonchev–Trinajstić information content (AvgIpc) is 3.47. The van der Waals surface area contributed by atoms with E-state index in [1.807, 2.05) is 0 Å². The molecule has 0 N–H and O–H groups in total. The van der Waals surface area contributed by atoms with Gasteiger partial charge < -0.3 is 14.4 Å². The number of carbonyl (C=O) groups is 2. The molecule has 9 heteroatoms. The van der Waals surface area contributed by atoms with Crippen LogP contribution in [-0.4, -0.2) is 75.5 Å². The van der Waals surface area contributed by atoms with Gasteiger partial charge in [-0.1, -0.05) is 6.07 Å². The summed E-state index contributed by atoms with van der Waals surface area (Å²) in [6.45, 7) is 1.73. The number of rotatable bonds is 4. The maximum Gasteiger partial charge on any atom is 0.331 e. The molecule has 1 aromatic rings. The van der Waals surface area contributed by atoms with Crippen molar-refractivity contribution in [1.82, 2.24) is 9.21 Å². The molecule has 2 heterocycles. The Hall–Kier alpha value is -1.97. The molecular weight excluding hydrogens is 372 g/mol. The molecule has 1 atom stereocenters. The maximum absolute atomic E-state index is 12.9. The van der Waals surface area contributed by atoms with E-state index in [0.717, 1.165) is 12.8 Å². The average molecular weight is 394 g/mol. The van der Waals surface area contributed by atoms with Gasteiger partial charge in [0.25, 0.3) is 5.91 Å². The zero-order valence-electron chi connectivity index (χ0n) is 15.1. The Labute approximate surface area is 158 Å². The van der Waals surface area contributed by atoms with Crippen molar-refractivity contribution in [1.29, 1.82) is 0 Å². The van der Waals surface area contributed by atoms with Crippen LogP contribution < -0.4 is 0 Å². The molecule has 2 saturated heterocycles. The van der Waals surface area contributed by atoms with Gasteiger partial charge in [0, 0.05) is 25.2 Å². The summed E-state index contributed by atoms with van der Waals surface area (Å²) in [7, 11) is -2.35. The molecule has 8 nitrogen and oxygen atoms in total. The van der Waals surface area contributed by atoms with Crippen LogP contribution in [0.4, 0.5) is 0 Å². The van der Waals surface area contributed by atoms with Gasteiger partial charge in [-0.2, -0.15) is 4.31 Å². The molecule has 0 bridgehead atoms. The van der Waals surface area contributed by atoms with Crippen molar-refractivity contribution in [2.75, 3.05) is 40.0 Å². The van der Waals surface area contributed by atoms with Crippen molar-refractivity contribution < 1.29 is 27.5 Å². The monoisotopic (exact) mass is 394 g/mol. The van der Waals surface area contributed by atoms with Gasteiger partial charge in [0.05, 0.1) is 25.2 Å². The fourth-order valence-corrected chi connectivity index (χ4v) is 5.36. The lowest BCUT2D eigenvalue weighted by Gasteiger charge is -2.38. The van der Waals surface area contributed by atoms with E-state index >= 15 is 0 Å². The molecule has 146 valence electrons. The second-order valence-electron chi connectivity index (χ2n) is 7.41. The fourth-order valence-electron chi connectivity index (χ4n) is 3.65. The Morgan fingerprint density at radius 2 is 2.00 bits per heavy atom. The number of carbonyl (C=O) groups excluding carboxylic acids is 2. The minimum Gasteiger partial charge on any atom is -0.467 e. The number of morpholine rings is 1. The lowest BCUT2D eigenvalue weighted by molar-refractivity contribution is -0.151. The smallest absolute Gasteiger partial charge is 0.331 e. The summed E-state index contributed by atoms with van der Waals surface area (Å²) in [5, 5.41) is 0. The summed E-state index contributed by atoms with van der Waals surface area (Å²) < 4.78 is 37.1. The van der Waals surface area contributed by atoms with Gasteiger partial charge in [-0.25, -0.2) is 13.2 Å². The van der Waals surface area contributed by atoms with Gasteiger partial charge >= 0.3 is 5.97 Å². The van der Waals surface area contributed by atoms with E-state index in [1.165, 1.54) is 28.4 Å². The molecule has 1 aromatic carbocycles. The van der Waals surface area contributed by atoms with Crippen molar-refractivity contribution in [2.45, 2.75) is 23.8 Å². The van der Waals surface area contributed by atoms with Crippen LogP contribution in [0.2, 0.25) is 0 Å².